The Morgan fingerprint density at radius 1 is 1.33 bits per heavy atom. The Labute approximate surface area is 113 Å². The third kappa shape index (κ3) is 2.51. The molecule has 0 radical (unpaired) electrons. The monoisotopic (exact) mass is 305 g/mol. The van der Waals surface area contributed by atoms with Gasteiger partial charge in [0.2, 0.25) is 0 Å². The molecule has 0 saturated carbocycles. The van der Waals surface area contributed by atoms with Gasteiger partial charge in [0.15, 0.2) is 0 Å². The number of benzene rings is 1. The van der Waals surface area contributed by atoms with E-state index in [1.165, 1.54) is 0 Å². The lowest BCUT2D eigenvalue weighted by Gasteiger charge is -2.09. The van der Waals surface area contributed by atoms with Crippen molar-refractivity contribution in [2.45, 2.75) is 6.92 Å². The summed E-state index contributed by atoms with van der Waals surface area (Å²) < 4.78 is 0.726. The summed E-state index contributed by atoms with van der Waals surface area (Å²) in [6, 6.07) is 8.94. The molecule has 3 N–H and O–H groups in total. The van der Waals surface area contributed by atoms with Crippen LogP contribution < -0.4 is 11.1 Å². The zero-order valence-corrected chi connectivity index (χ0v) is 11.4. The SMILES string of the molecule is Cc1cccc(C(=O)Nc2ncccc2Br)c1N. The van der Waals surface area contributed by atoms with Gasteiger partial charge in [-0.05, 0) is 46.6 Å². The molecule has 2 aromatic rings. The van der Waals surface area contributed by atoms with Crippen LogP contribution in [0.15, 0.2) is 41.0 Å². The number of nitrogen functional groups attached to an aromatic ring is 1. The first-order valence-corrected chi connectivity index (χ1v) is 6.16. The van der Waals surface area contributed by atoms with Gasteiger partial charge in [0.1, 0.15) is 5.82 Å². The Bertz CT molecular complexity index is 599. The van der Waals surface area contributed by atoms with E-state index < -0.39 is 0 Å². The number of rotatable bonds is 2. The van der Waals surface area contributed by atoms with Gasteiger partial charge in [0.25, 0.3) is 5.91 Å². The van der Waals surface area contributed by atoms with Crippen molar-refractivity contribution in [2.75, 3.05) is 11.1 Å². The number of halogens is 1. The van der Waals surface area contributed by atoms with Gasteiger partial charge in [-0.3, -0.25) is 4.79 Å². The average molecular weight is 306 g/mol. The molecule has 0 saturated heterocycles. The fraction of sp³-hybridized carbons (Fsp3) is 0.0769. The lowest BCUT2D eigenvalue weighted by atomic mass is 10.1. The molecule has 4 nitrogen and oxygen atoms in total. The summed E-state index contributed by atoms with van der Waals surface area (Å²) in [4.78, 5) is 16.2. The van der Waals surface area contributed by atoms with Gasteiger partial charge in [-0.15, -0.1) is 0 Å². The molecular weight excluding hydrogens is 294 g/mol. The molecule has 18 heavy (non-hydrogen) atoms. The van der Waals surface area contributed by atoms with Crippen LogP contribution in [0.1, 0.15) is 15.9 Å². The number of carbonyl (C=O) groups is 1. The van der Waals surface area contributed by atoms with Crippen LogP contribution in [0.2, 0.25) is 0 Å². The largest absolute Gasteiger partial charge is 0.398 e. The summed E-state index contributed by atoms with van der Waals surface area (Å²) in [5, 5.41) is 2.72. The number of para-hydroxylation sites is 1. The van der Waals surface area contributed by atoms with E-state index >= 15 is 0 Å². The molecule has 0 fully saturated rings. The average Bonchev–Trinajstić information content (AvgIpc) is 2.35. The Morgan fingerprint density at radius 3 is 2.83 bits per heavy atom. The highest BCUT2D eigenvalue weighted by atomic mass is 79.9. The van der Waals surface area contributed by atoms with Crippen LogP contribution in [0.5, 0.6) is 0 Å². The number of nitrogens with two attached hydrogens (primary N) is 1. The molecule has 2 rings (SSSR count). The molecule has 1 aromatic carbocycles. The van der Waals surface area contributed by atoms with Crippen LogP contribution in [0.3, 0.4) is 0 Å². The second kappa shape index (κ2) is 5.18. The van der Waals surface area contributed by atoms with Gasteiger partial charge in [0, 0.05) is 11.9 Å². The number of nitrogens with one attached hydrogen (secondary N) is 1. The van der Waals surface area contributed by atoms with Crippen molar-refractivity contribution in [1.82, 2.24) is 4.98 Å². The van der Waals surface area contributed by atoms with Crippen molar-refractivity contribution in [2.24, 2.45) is 0 Å². The van der Waals surface area contributed by atoms with E-state index in [1.807, 2.05) is 19.1 Å². The van der Waals surface area contributed by atoms with E-state index in [0.717, 1.165) is 10.0 Å². The van der Waals surface area contributed by atoms with Gasteiger partial charge >= 0.3 is 0 Å². The number of aromatic nitrogens is 1. The maximum atomic E-state index is 12.1. The van der Waals surface area contributed by atoms with Crippen LogP contribution >= 0.6 is 15.9 Å². The van der Waals surface area contributed by atoms with Crippen LogP contribution in [0, 0.1) is 6.92 Å². The summed E-state index contributed by atoms with van der Waals surface area (Å²) in [7, 11) is 0. The molecule has 92 valence electrons. The van der Waals surface area contributed by atoms with Crippen molar-refractivity contribution in [1.29, 1.82) is 0 Å². The molecular formula is C13H12BrN3O. The van der Waals surface area contributed by atoms with Gasteiger partial charge in [-0.2, -0.15) is 0 Å². The first-order chi connectivity index (χ1) is 8.59. The van der Waals surface area contributed by atoms with Crippen molar-refractivity contribution in [3.63, 3.8) is 0 Å². The van der Waals surface area contributed by atoms with Gasteiger partial charge in [-0.1, -0.05) is 12.1 Å². The summed E-state index contributed by atoms with van der Waals surface area (Å²) >= 11 is 3.32. The number of hydrogen-bond donors (Lipinski definition) is 2. The molecule has 0 bridgehead atoms. The third-order valence-electron chi connectivity index (χ3n) is 2.56. The standard InChI is InChI=1S/C13H12BrN3O/c1-8-4-2-5-9(11(8)15)13(18)17-12-10(14)6-3-7-16-12/h2-7H,15H2,1H3,(H,16,17,18). The molecule has 0 aliphatic heterocycles. The Kier molecular flexibility index (Phi) is 3.62. The van der Waals surface area contributed by atoms with Crippen LogP contribution in [0.25, 0.3) is 0 Å². The minimum absolute atomic E-state index is 0.268. The molecule has 0 spiro atoms. The fourth-order valence-electron chi connectivity index (χ4n) is 1.53. The predicted molar refractivity (Wildman–Crippen MR) is 75.5 cm³/mol. The number of carbonyl (C=O) groups excluding carboxylic acids is 1. The summed E-state index contributed by atoms with van der Waals surface area (Å²) in [6.07, 6.45) is 1.61. The maximum Gasteiger partial charge on any atom is 0.258 e. The summed E-state index contributed by atoms with van der Waals surface area (Å²) in [5.41, 5.74) is 7.70. The molecule has 1 amide bonds. The van der Waals surface area contributed by atoms with E-state index in [-0.39, 0.29) is 5.91 Å². The quantitative estimate of drug-likeness (QED) is 0.838. The lowest BCUT2D eigenvalue weighted by molar-refractivity contribution is 0.102. The molecule has 0 unspecified atom stereocenters. The number of pyridine rings is 1. The highest BCUT2D eigenvalue weighted by molar-refractivity contribution is 9.10. The van der Waals surface area contributed by atoms with Crippen molar-refractivity contribution in [3.05, 3.63) is 52.1 Å². The van der Waals surface area contributed by atoms with E-state index in [2.05, 4.69) is 26.2 Å². The molecule has 1 heterocycles. The minimum atomic E-state index is -0.268. The van der Waals surface area contributed by atoms with Gasteiger partial charge in [-0.25, -0.2) is 4.98 Å². The summed E-state index contributed by atoms with van der Waals surface area (Å²) in [5.74, 6) is 0.207. The highest BCUT2D eigenvalue weighted by Crippen LogP contribution is 2.21. The number of amides is 1. The maximum absolute atomic E-state index is 12.1. The first kappa shape index (κ1) is 12.6. The summed E-state index contributed by atoms with van der Waals surface area (Å²) in [6.45, 7) is 1.86. The van der Waals surface area contributed by atoms with E-state index in [1.54, 1.807) is 24.4 Å². The second-order valence-corrected chi connectivity index (χ2v) is 4.68. The smallest absolute Gasteiger partial charge is 0.258 e. The lowest BCUT2D eigenvalue weighted by Crippen LogP contribution is -2.15. The first-order valence-electron chi connectivity index (χ1n) is 5.36. The third-order valence-corrected chi connectivity index (χ3v) is 3.20. The fourth-order valence-corrected chi connectivity index (χ4v) is 1.89. The normalized spacial score (nSPS) is 10.1. The van der Waals surface area contributed by atoms with Crippen molar-refractivity contribution < 1.29 is 4.79 Å². The molecule has 5 heteroatoms. The van der Waals surface area contributed by atoms with E-state index in [9.17, 15) is 4.79 Å². The number of nitrogens with zero attached hydrogens (tertiary/aromatic N) is 1. The minimum Gasteiger partial charge on any atom is -0.398 e. The topological polar surface area (TPSA) is 68.0 Å². The number of hydrogen-bond acceptors (Lipinski definition) is 3. The Morgan fingerprint density at radius 2 is 2.11 bits per heavy atom. The van der Waals surface area contributed by atoms with E-state index in [0.29, 0.717) is 17.1 Å². The molecule has 0 aliphatic carbocycles. The van der Waals surface area contributed by atoms with Crippen molar-refractivity contribution >= 4 is 33.3 Å². The molecule has 1 aromatic heterocycles. The Balaban J connectivity index is 2.28. The van der Waals surface area contributed by atoms with Crippen LogP contribution in [-0.2, 0) is 0 Å². The van der Waals surface area contributed by atoms with Gasteiger partial charge < -0.3 is 11.1 Å². The van der Waals surface area contributed by atoms with Gasteiger partial charge in [0.05, 0.1) is 10.0 Å². The van der Waals surface area contributed by atoms with Crippen molar-refractivity contribution in [3.8, 4) is 0 Å². The Hall–Kier alpha value is -1.88. The second-order valence-electron chi connectivity index (χ2n) is 3.82. The molecule has 0 aliphatic rings. The zero-order valence-electron chi connectivity index (χ0n) is 9.77. The molecule has 0 atom stereocenters. The van der Waals surface area contributed by atoms with Crippen LogP contribution in [-0.4, -0.2) is 10.9 Å². The van der Waals surface area contributed by atoms with Crippen LogP contribution in [0.4, 0.5) is 11.5 Å². The predicted octanol–water partition coefficient (Wildman–Crippen LogP) is 2.99. The highest BCUT2D eigenvalue weighted by Gasteiger charge is 2.12. The number of aryl methyl sites for hydroxylation is 1. The zero-order chi connectivity index (χ0) is 13.1. The number of anilines is 2. The van der Waals surface area contributed by atoms with E-state index in [4.69, 9.17) is 5.73 Å².